The Morgan fingerprint density at radius 2 is 0.925 bits per heavy atom. The number of nitrogens with one attached hydrogen (secondary N) is 1. The Kier molecular flexibility index (Phi) is 15.9. The van der Waals surface area contributed by atoms with E-state index in [1.807, 2.05) is 60.7 Å². The number of rotatable bonds is 7. The van der Waals surface area contributed by atoms with Crippen LogP contribution in [0.25, 0.3) is 0 Å². The van der Waals surface area contributed by atoms with E-state index in [0.717, 1.165) is 11.1 Å². The van der Waals surface area contributed by atoms with Crippen molar-refractivity contribution in [2.75, 3.05) is 32.0 Å². The van der Waals surface area contributed by atoms with E-state index in [1.54, 1.807) is 0 Å². The van der Waals surface area contributed by atoms with Crippen molar-refractivity contribution in [2.24, 2.45) is 11.5 Å². The summed E-state index contributed by atoms with van der Waals surface area (Å²) in [5.41, 5.74) is 19.7. The van der Waals surface area contributed by atoms with E-state index < -0.39 is 15.8 Å². The molecule has 3 nitrogen and oxygen atoms in total. The van der Waals surface area contributed by atoms with E-state index in [9.17, 15) is 0 Å². The standard InChI is InChI=1S/C18H25NP2.C14H16N2.2ClH.Ru/c1-13-7-9-15(17(11-13)20(3)4)19-16-10-8-14(2)12-18(16)21(5)6;15-13(11-7-3-1-4-8-11)14(16)12-9-5-2-6-10-12;;;/h7-12,19H,1-6H3;1-10,13-14H,15-16H2;2*1H;/q;;;;+4. The van der Waals surface area contributed by atoms with Gasteiger partial charge in [-0.05, 0) is 60.4 Å². The Morgan fingerprint density at radius 3 is 1.23 bits per heavy atom. The molecule has 4 aromatic rings. The second kappa shape index (κ2) is 18.3. The maximum absolute atomic E-state index is 6.15. The summed E-state index contributed by atoms with van der Waals surface area (Å²) in [6.45, 7) is 13.8. The zero-order valence-electron chi connectivity index (χ0n) is 24.2. The van der Waals surface area contributed by atoms with E-state index in [2.05, 4.69) is 82.2 Å². The number of benzene rings is 4. The van der Waals surface area contributed by atoms with Crippen LogP contribution in [0.2, 0.25) is 0 Å². The van der Waals surface area contributed by atoms with Crippen LogP contribution in [0, 0.1) is 13.8 Å². The summed E-state index contributed by atoms with van der Waals surface area (Å²) in [6, 6.07) is 33.1. The van der Waals surface area contributed by atoms with Crippen molar-refractivity contribution in [3.05, 3.63) is 119 Å². The van der Waals surface area contributed by atoms with Gasteiger partial charge in [0.25, 0.3) is 0 Å². The van der Waals surface area contributed by atoms with Gasteiger partial charge >= 0.3 is 34.5 Å². The van der Waals surface area contributed by atoms with Crippen LogP contribution in [-0.4, -0.2) is 26.7 Å². The summed E-state index contributed by atoms with van der Waals surface area (Å²) in [5, 5.41) is 6.70. The molecular formula is C32H43Cl2N3P2Ru+4. The molecule has 4 aromatic carbocycles. The molecule has 0 fully saturated rings. The van der Waals surface area contributed by atoms with E-state index >= 15 is 0 Å². The number of hydrogen-bond acceptors (Lipinski definition) is 3. The van der Waals surface area contributed by atoms with E-state index in [-0.39, 0.29) is 27.2 Å². The van der Waals surface area contributed by atoms with Gasteiger partial charge in [0.15, 0.2) is 0 Å². The first-order chi connectivity index (χ1) is 19.1. The third-order valence-corrected chi connectivity index (χ3v) is 9.43. The molecule has 4 rings (SSSR count). The normalized spacial score (nSPS) is 12.1. The third-order valence-electron chi connectivity index (χ3n) is 6.45. The van der Waals surface area contributed by atoms with E-state index in [0.29, 0.717) is 0 Å². The van der Waals surface area contributed by atoms with Crippen LogP contribution in [0.15, 0.2) is 97.1 Å². The first-order valence-corrected chi connectivity index (χ1v) is 22.6. The van der Waals surface area contributed by atoms with Gasteiger partial charge in [-0.1, -0.05) is 72.8 Å². The number of halogens is 2. The number of anilines is 2. The maximum atomic E-state index is 6.15. The van der Waals surface area contributed by atoms with Crippen LogP contribution in [0.1, 0.15) is 34.3 Å². The van der Waals surface area contributed by atoms with Crippen LogP contribution in [0.4, 0.5) is 11.4 Å². The Labute approximate surface area is 259 Å². The summed E-state index contributed by atoms with van der Waals surface area (Å²) >= 11 is -0.346. The fourth-order valence-electron chi connectivity index (χ4n) is 4.27. The molecule has 214 valence electrons. The van der Waals surface area contributed by atoms with Crippen molar-refractivity contribution in [2.45, 2.75) is 25.9 Å². The van der Waals surface area contributed by atoms with Crippen molar-refractivity contribution in [3.63, 3.8) is 0 Å². The molecule has 0 radical (unpaired) electrons. The molecule has 2 atom stereocenters. The van der Waals surface area contributed by atoms with Gasteiger partial charge in [-0.25, -0.2) is 0 Å². The van der Waals surface area contributed by atoms with Crippen LogP contribution >= 0.6 is 35.2 Å². The van der Waals surface area contributed by atoms with Crippen molar-refractivity contribution in [1.29, 1.82) is 0 Å². The quantitative estimate of drug-likeness (QED) is 0.135. The molecule has 0 aromatic heterocycles. The Hall–Kier alpha value is -1.34. The SMILES string of the molecule is Cc1ccc(Nc2ccc(C)cc2[PH+](C)C)c([PH+](C)C)c1.NC(c1ccccc1)C(N)c1ccccc1.[Cl][Ru+2][Cl]. The van der Waals surface area contributed by atoms with E-state index in [4.69, 9.17) is 30.8 Å². The molecule has 0 aliphatic rings. The van der Waals surface area contributed by atoms with Crippen molar-refractivity contribution >= 4 is 57.2 Å². The molecule has 0 heterocycles. The summed E-state index contributed by atoms with van der Waals surface area (Å²) < 4.78 is 0. The minimum atomic E-state index is -0.478. The topological polar surface area (TPSA) is 64.1 Å². The fraction of sp³-hybridized carbons (Fsp3) is 0.250. The average Bonchev–Trinajstić information content (AvgIpc) is 2.95. The zero-order valence-corrected chi connectivity index (χ0v) is 29.4. The van der Waals surface area contributed by atoms with Gasteiger partial charge in [0, 0.05) is 27.9 Å². The van der Waals surface area contributed by atoms with Crippen molar-refractivity contribution in [1.82, 2.24) is 0 Å². The van der Waals surface area contributed by atoms with Crippen LogP contribution in [0.3, 0.4) is 0 Å². The first-order valence-electron chi connectivity index (χ1n) is 13.1. The van der Waals surface area contributed by atoms with Gasteiger partial charge < -0.3 is 16.8 Å². The summed E-state index contributed by atoms with van der Waals surface area (Å²) in [5.74, 6) is 0. The number of hydrogen-bond donors (Lipinski definition) is 3. The first kappa shape index (κ1) is 34.9. The van der Waals surface area contributed by atoms with Gasteiger partial charge in [-0.15, -0.1) is 0 Å². The minimum absolute atomic E-state index is 0.163. The summed E-state index contributed by atoms with van der Waals surface area (Å²) in [4.78, 5) is 0. The molecule has 8 heteroatoms. The van der Waals surface area contributed by atoms with Crippen LogP contribution in [-0.2, 0) is 15.1 Å². The van der Waals surface area contributed by atoms with Crippen molar-refractivity contribution in [3.8, 4) is 0 Å². The molecule has 0 saturated heterocycles. The van der Waals surface area contributed by atoms with Gasteiger partial charge in [0.2, 0.25) is 0 Å². The molecule has 40 heavy (non-hydrogen) atoms. The van der Waals surface area contributed by atoms with E-state index in [1.165, 1.54) is 33.1 Å². The zero-order chi connectivity index (χ0) is 29.7. The second-order valence-electron chi connectivity index (χ2n) is 10.1. The fourth-order valence-corrected chi connectivity index (χ4v) is 6.67. The predicted molar refractivity (Wildman–Crippen MR) is 184 cm³/mol. The van der Waals surface area contributed by atoms with Crippen LogP contribution in [0.5, 0.6) is 0 Å². The Morgan fingerprint density at radius 1 is 0.600 bits per heavy atom. The Balaban J connectivity index is 0.000000262. The Bertz CT molecular complexity index is 1190. The molecule has 0 aliphatic carbocycles. The monoisotopic (exact) mass is 703 g/mol. The summed E-state index contributed by atoms with van der Waals surface area (Å²) in [6.07, 6.45) is 0. The predicted octanol–water partition coefficient (Wildman–Crippen LogP) is 8.01. The van der Waals surface area contributed by atoms with Gasteiger partial charge in [-0.3, -0.25) is 0 Å². The molecule has 0 saturated carbocycles. The third kappa shape index (κ3) is 11.2. The molecule has 0 amide bonds. The molecule has 0 spiro atoms. The number of aryl methyl sites for hydroxylation is 2. The summed E-state index contributed by atoms with van der Waals surface area (Å²) in [7, 11) is 8.75. The second-order valence-corrected chi connectivity index (χ2v) is 17.9. The molecular weight excluding hydrogens is 660 g/mol. The molecule has 0 aliphatic heterocycles. The van der Waals surface area contributed by atoms with Gasteiger partial charge in [0.1, 0.15) is 10.6 Å². The van der Waals surface area contributed by atoms with Gasteiger partial charge in [0.05, 0.1) is 38.0 Å². The number of nitrogens with two attached hydrogens (primary N) is 2. The van der Waals surface area contributed by atoms with Crippen LogP contribution < -0.4 is 27.4 Å². The molecule has 5 N–H and O–H groups in total. The molecule has 2 unspecified atom stereocenters. The van der Waals surface area contributed by atoms with Gasteiger partial charge in [-0.2, -0.15) is 0 Å². The van der Waals surface area contributed by atoms with Crippen molar-refractivity contribution < 1.29 is 15.1 Å². The average molecular weight is 704 g/mol. The molecule has 0 bridgehead atoms.